The Bertz CT molecular complexity index is 614. The minimum absolute atomic E-state index is 0.576. The van der Waals surface area contributed by atoms with Gasteiger partial charge in [0.05, 0.1) is 12.2 Å². The molecule has 3 rings (SSSR count). The third-order valence-electron chi connectivity index (χ3n) is 3.03. The molecule has 106 valence electrons. The molecule has 0 spiro atoms. The van der Waals surface area contributed by atoms with E-state index in [-0.39, 0.29) is 0 Å². The van der Waals surface area contributed by atoms with Gasteiger partial charge in [-0.25, -0.2) is 4.68 Å². The lowest BCUT2D eigenvalue weighted by molar-refractivity contribution is 0.171. The van der Waals surface area contributed by atoms with Crippen molar-refractivity contribution in [3.8, 4) is 11.5 Å². The normalized spacial score (nSPS) is 13.5. The van der Waals surface area contributed by atoms with E-state index in [4.69, 9.17) is 15.2 Å². The Morgan fingerprint density at radius 3 is 2.75 bits per heavy atom. The first kappa shape index (κ1) is 13.4. The highest BCUT2D eigenvalue weighted by atomic mass is 79.9. The SMILES string of the molecule is NCCc1cn(Cc2cc3c(cc2Br)OCCO3)nn1. The first-order chi connectivity index (χ1) is 9.76. The van der Waals surface area contributed by atoms with E-state index in [1.807, 2.05) is 18.3 Å². The summed E-state index contributed by atoms with van der Waals surface area (Å²) in [5.41, 5.74) is 7.48. The maximum atomic E-state index is 5.59. The van der Waals surface area contributed by atoms with Crippen LogP contribution in [0.4, 0.5) is 0 Å². The largest absolute Gasteiger partial charge is 0.486 e. The molecule has 0 saturated carbocycles. The Morgan fingerprint density at radius 1 is 1.25 bits per heavy atom. The second-order valence-corrected chi connectivity index (χ2v) is 5.39. The van der Waals surface area contributed by atoms with Crippen LogP contribution in [0.15, 0.2) is 22.8 Å². The number of ether oxygens (including phenoxy) is 2. The molecule has 0 fully saturated rings. The zero-order valence-corrected chi connectivity index (χ0v) is 12.5. The highest BCUT2D eigenvalue weighted by Crippen LogP contribution is 2.35. The minimum Gasteiger partial charge on any atom is -0.486 e. The Balaban J connectivity index is 1.82. The van der Waals surface area contributed by atoms with Crippen molar-refractivity contribution in [2.24, 2.45) is 5.73 Å². The summed E-state index contributed by atoms with van der Waals surface area (Å²) in [6, 6.07) is 3.91. The summed E-state index contributed by atoms with van der Waals surface area (Å²) in [6.07, 6.45) is 2.65. The van der Waals surface area contributed by atoms with Crippen LogP contribution in [-0.2, 0) is 13.0 Å². The molecule has 0 unspecified atom stereocenters. The van der Waals surface area contributed by atoms with Gasteiger partial charge in [-0.3, -0.25) is 0 Å². The number of benzene rings is 1. The fraction of sp³-hybridized carbons (Fsp3) is 0.385. The van der Waals surface area contributed by atoms with Gasteiger partial charge in [-0.2, -0.15) is 0 Å². The molecule has 0 saturated heterocycles. The zero-order valence-electron chi connectivity index (χ0n) is 10.9. The molecule has 7 heteroatoms. The van der Waals surface area contributed by atoms with E-state index in [1.165, 1.54) is 0 Å². The average Bonchev–Trinajstić information content (AvgIpc) is 2.87. The quantitative estimate of drug-likeness (QED) is 0.910. The van der Waals surface area contributed by atoms with Crippen molar-refractivity contribution in [2.75, 3.05) is 19.8 Å². The lowest BCUT2D eigenvalue weighted by Crippen LogP contribution is -2.16. The summed E-state index contributed by atoms with van der Waals surface area (Å²) < 4.78 is 13.9. The van der Waals surface area contributed by atoms with Crippen molar-refractivity contribution in [1.29, 1.82) is 0 Å². The van der Waals surface area contributed by atoms with E-state index in [9.17, 15) is 0 Å². The van der Waals surface area contributed by atoms with Gasteiger partial charge in [0.1, 0.15) is 13.2 Å². The van der Waals surface area contributed by atoms with E-state index < -0.39 is 0 Å². The third kappa shape index (κ3) is 2.78. The molecule has 6 nitrogen and oxygen atoms in total. The number of nitrogens with zero attached hydrogens (tertiary/aromatic N) is 3. The predicted molar refractivity (Wildman–Crippen MR) is 77.0 cm³/mol. The van der Waals surface area contributed by atoms with Crippen LogP contribution < -0.4 is 15.2 Å². The van der Waals surface area contributed by atoms with Crippen molar-refractivity contribution in [2.45, 2.75) is 13.0 Å². The van der Waals surface area contributed by atoms with Crippen molar-refractivity contribution in [1.82, 2.24) is 15.0 Å². The predicted octanol–water partition coefficient (Wildman–Crippen LogP) is 1.36. The topological polar surface area (TPSA) is 75.2 Å². The van der Waals surface area contributed by atoms with Crippen LogP contribution in [0.2, 0.25) is 0 Å². The molecule has 1 aromatic carbocycles. The molecule has 1 aliphatic rings. The number of hydrogen-bond acceptors (Lipinski definition) is 5. The fourth-order valence-corrected chi connectivity index (χ4v) is 2.53. The van der Waals surface area contributed by atoms with Crippen molar-refractivity contribution in [3.05, 3.63) is 34.1 Å². The third-order valence-corrected chi connectivity index (χ3v) is 3.77. The molecule has 0 bridgehead atoms. The maximum absolute atomic E-state index is 5.59. The van der Waals surface area contributed by atoms with Crippen LogP contribution in [0.25, 0.3) is 0 Å². The summed E-state index contributed by atoms with van der Waals surface area (Å²) in [5.74, 6) is 1.55. The number of fused-ring (bicyclic) bond motifs is 1. The van der Waals surface area contributed by atoms with Crippen molar-refractivity contribution < 1.29 is 9.47 Å². The van der Waals surface area contributed by atoms with Gasteiger partial charge in [0.25, 0.3) is 0 Å². The first-order valence-corrected chi connectivity index (χ1v) is 7.22. The molecule has 1 aliphatic heterocycles. The molecule has 0 atom stereocenters. The maximum Gasteiger partial charge on any atom is 0.162 e. The summed E-state index contributed by atoms with van der Waals surface area (Å²) in [6.45, 7) is 2.36. The molecule has 0 radical (unpaired) electrons. The van der Waals surface area contributed by atoms with Crippen molar-refractivity contribution in [3.63, 3.8) is 0 Å². The highest BCUT2D eigenvalue weighted by molar-refractivity contribution is 9.10. The van der Waals surface area contributed by atoms with Crippen LogP contribution in [0.3, 0.4) is 0 Å². The number of aromatic nitrogens is 3. The van der Waals surface area contributed by atoms with Crippen LogP contribution in [0.1, 0.15) is 11.3 Å². The summed E-state index contributed by atoms with van der Waals surface area (Å²) in [4.78, 5) is 0. The van der Waals surface area contributed by atoms with Gasteiger partial charge in [-0.1, -0.05) is 21.1 Å². The van der Waals surface area contributed by atoms with E-state index in [1.54, 1.807) is 4.68 Å². The monoisotopic (exact) mass is 338 g/mol. The number of halogens is 1. The molecule has 2 aromatic rings. The molecule has 2 heterocycles. The van der Waals surface area contributed by atoms with Crippen LogP contribution in [-0.4, -0.2) is 34.8 Å². The Kier molecular flexibility index (Phi) is 3.88. The van der Waals surface area contributed by atoms with Gasteiger partial charge >= 0.3 is 0 Å². The van der Waals surface area contributed by atoms with Gasteiger partial charge in [-0.05, 0) is 24.2 Å². The van der Waals surface area contributed by atoms with Gasteiger partial charge < -0.3 is 15.2 Å². The van der Waals surface area contributed by atoms with Gasteiger partial charge in [0.15, 0.2) is 11.5 Å². The van der Waals surface area contributed by atoms with E-state index in [2.05, 4.69) is 26.2 Å². The average molecular weight is 339 g/mol. The lowest BCUT2D eigenvalue weighted by atomic mass is 10.2. The molecule has 2 N–H and O–H groups in total. The van der Waals surface area contributed by atoms with E-state index >= 15 is 0 Å². The smallest absolute Gasteiger partial charge is 0.162 e. The molecule has 1 aromatic heterocycles. The Morgan fingerprint density at radius 2 is 2.00 bits per heavy atom. The first-order valence-electron chi connectivity index (χ1n) is 6.43. The minimum atomic E-state index is 0.576. The summed E-state index contributed by atoms with van der Waals surface area (Å²) in [7, 11) is 0. The molecule has 0 aliphatic carbocycles. The Hall–Kier alpha value is -1.60. The number of rotatable bonds is 4. The van der Waals surface area contributed by atoms with Crippen LogP contribution in [0, 0.1) is 0 Å². The zero-order chi connectivity index (χ0) is 13.9. The van der Waals surface area contributed by atoms with Gasteiger partial charge in [0.2, 0.25) is 0 Å². The second kappa shape index (κ2) is 5.80. The van der Waals surface area contributed by atoms with Crippen LogP contribution >= 0.6 is 15.9 Å². The molecular formula is C13H15BrN4O2. The number of nitrogens with two attached hydrogens (primary N) is 1. The van der Waals surface area contributed by atoms with Gasteiger partial charge in [-0.15, -0.1) is 5.10 Å². The summed E-state index contributed by atoms with van der Waals surface area (Å²) in [5, 5.41) is 8.18. The van der Waals surface area contributed by atoms with Crippen LogP contribution in [0.5, 0.6) is 11.5 Å². The second-order valence-electron chi connectivity index (χ2n) is 4.53. The van der Waals surface area contributed by atoms with E-state index in [0.29, 0.717) is 26.3 Å². The van der Waals surface area contributed by atoms with Crippen molar-refractivity contribution >= 4 is 15.9 Å². The molecule has 0 amide bonds. The lowest BCUT2D eigenvalue weighted by Gasteiger charge is -2.19. The highest BCUT2D eigenvalue weighted by Gasteiger charge is 2.15. The summed E-state index contributed by atoms with van der Waals surface area (Å²) >= 11 is 3.55. The fourth-order valence-electron chi connectivity index (χ4n) is 2.08. The van der Waals surface area contributed by atoms with E-state index in [0.717, 1.165) is 33.6 Å². The standard InChI is InChI=1S/C13H15BrN4O2/c14-11-6-13-12(19-3-4-20-13)5-9(11)7-18-8-10(1-2-15)16-17-18/h5-6,8H,1-4,7,15H2. The Labute approximate surface area is 125 Å². The number of hydrogen-bond donors (Lipinski definition) is 1. The molecular weight excluding hydrogens is 324 g/mol. The molecule has 20 heavy (non-hydrogen) atoms. The van der Waals surface area contributed by atoms with Gasteiger partial charge in [0, 0.05) is 17.1 Å².